The molecule has 1 aliphatic heterocycles. The molecular formula is C22H17Cl2FN2O3. The number of oxime groups is 1. The molecule has 4 rings (SSSR count). The van der Waals surface area contributed by atoms with Crippen LogP contribution in [0.4, 0.5) is 4.39 Å². The highest BCUT2D eigenvalue weighted by Gasteiger charge is 2.28. The first kappa shape index (κ1) is 20.4. The molecule has 30 heavy (non-hydrogen) atoms. The van der Waals surface area contributed by atoms with Crippen LogP contribution in [0.5, 0.6) is 0 Å². The van der Waals surface area contributed by atoms with Crippen LogP contribution in [0.25, 0.3) is 0 Å². The summed E-state index contributed by atoms with van der Waals surface area (Å²) in [5.74, 6) is -0.467. The molecule has 1 amide bonds. The fourth-order valence-corrected chi connectivity index (χ4v) is 3.55. The normalized spacial score (nSPS) is 15.6. The van der Waals surface area contributed by atoms with Crippen molar-refractivity contribution in [1.82, 2.24) is 4.90 Å². The van der Waals surface area contributed by atoms with Crippen molar-refractivity contribution in [2.24, 2.45) is 5.16 Å². The van der Waals surface area contributed by atoms with Crippen LogP contribution < -0.4 is 0 Å². The van der Waals surface area contributed by atoms with Gasteiger partial charge in [-0.2, -0.15) is 0 Å². The van der Waals surface area contributed by atoms with Gasteiger partial charge in [-0.15, -0.1) is 0 Å². The molecule has 3 aromatic rings. The van der Waals surface area contributed by atoms with Gasteiger partial charge >= 0.3 is 0 Å². The average Bonchev–Trinajstić information content (AvgIpc) is 3.41. The minimum atomic E-state index is -0.361. The molecule has 1 unspecified atom stereocenters. The van der Waals surface area contributed by atoms with Crippen molar-refractivity contribution in [2.45, 2.75) is 19.1 Å². The van der Waals surface area contributed by atoms with Crippen LogP contribution in [0.1, 0.15) is 28.1 Å². The maximum atomic E-state index is 13.6. The van der Waals surface area contributed by atoms with Crippen LogP contribution in [0.15, 0.2) is 70.4 Å². The van der Waals surface area contributed by atoms with E-state index in [4.69, 9.17) is 32.5 Å². The molecule has 0 radical (unpaired) electrons. The Bertz CT molecular complexity index is 1090. The summed E-state index contributed by atoms with van der Waals surface area (Å²) < 4.78 is 18.9. The lowest BCUT2D eigenvalue weighted by Crippen LogP contribution is -2.37. The second kappa shape index (κ2) is 8.90. The van der Waals surface area contributed by atoms with E-state index in [-0.39, 0.29) is 36.7 Å². The third-order valence-corrected chi connectivity index (χ3v) is 5.43. The molecule has 5 nitrogen and oxygen atoms in total. The number of carbonyl (C=O) groups is 1. The van der Waals surface area contributed by atoms with Crippen molar-refractivity contribution < 1.29 is 18.4 Å². The molecule has 0 saturated carbocycles. The molecule has 8 heteroatoms. The number of hydrogen-bond donors (Lipinski definition) is 0. The van der Waals surface area contributed by atoms with E-state index < -0.39 is 0 Å². The van der Waals surface area contributed by atoms with E-state index in [9.17, 15) is 9.18 Å². The predicted octanol–water partition coefficient (Wildman–Crippen LogP) is 5.56. The molecule has 0 fully saturated rings. The highest BCUT2D eigenvalue weighted by molar-refractivity contribution is 6.42. The van der Waals surface area contributed by atoms with Gasteiger partial charge in [-0.3, -0.25) is 4.79 Å². The fourth-order valence-electron chi connectivity index (χ4n) is 3.25. The number of benzene rings is 2. The minimum Gasteiger partial charge on any atom is -0.459 e. The SMILES string of the molecule is O=C(c1ccco1)N(Cc1cccc(F)c1)CC1CC(c2ccc(Cl)c(Cl)c2)=NO1. The van der Waals surface area contributed by atoms with Gasteiger partial charge in [0.1, 0.15) is 5.82 Å². The third kappa shape index (κ3) is 4.66. The molecule has 154 valence electrons. The second-order valence-electron chi connectivity index (χ2n) is 6.89. The Balaban J connectivity index is 1.49. The van der Waals surface area contributed by atoms with Gasteiger partial charge < -0.3 is 14.2 Å². The van der Waals surface area contributed by atoms with Crippen LogP contribution in [-0.4, -0.2) is 29.2 Å². The van der Waals surface area contributed by atoms with Crippen molar-refractivity contribution >= 4 is 34.8 Å². The smallest absolute Gasteiger partial charge is 0.289 e. The van der Waals surface area contributed by atoms with Crippen molar-refractivity contribution in [3.8, 4) is 0 Å². The van der Waals surface area contributed by atoms with Gasteiger partial charge in [0, 0.05) is 18.5 Å². The summed E-state index contributed by atoms with van der Waals surface area (Å²) >= 11 is 12.1. The van der Waals surface area contributed by atoms with Gasteiger partial charge in [0.2, 0.25) is 0 Å². The fraction of sp³-hybridized carbons (Fsp3) is 0.182. The van der Waals surface area contributed by atoms with Gasteiger partial charge in [0.05, 0.1) is 28.6 Å². The van der Waals surface area contributed by atoms with Crippen molar-refractivity contribution in [3.05, 3.63) is 93.6 Å². The number of rotatable bonds is 6. The molecule has 1 aromatic heterocycles. The summed E-state index contributed by atoms with van der Waals surface area (Å²) in [5, 5.41) is 5.04. The van der Waals surface area contributed by atoms with Crippen LogP contribution in [0.3, 0.4) is 0 Å². The van der Waals surface area contributed by atoms with Crippen LogP contribution in [0.2, 0.25) is 10.0 Å². The van der Waals surface area contributed by atoms with Crippen LogP contribution in [0, 0.1) is 5.82 Å². The lowest BCUT2D eigenvalue weighted by Gasteiger charge is -2.24. The summed E-state index contributed by atoms with van der Waals surface area (Å²) in [5.41, 5.74) is 2.19. The maximum Gasteiger partial charge on any atom is 0.289 e. The second-order valence-corrected chi connectivity index (χ2v) is 7.71. The third-order valence-electron chi connectivity index (χ3n) is 4.69. The van der Waals surface area contributed by atoms with E-state index in [1.54, 1.807) is 41.3 Å². The Hall–Kier alpha value is -2.83. The van der Waals surface area contributed by atoms with Crippen molar-refractivity contribution in [2.75, 3.05) is 6.54 Å². The monoisotopic (exact) mass is 446 g/mol. The lowest BCUT2D eigenvalue weighted by atomic mass is 10.0. The number of amides is 1. The van der Waals surface area contributed by atoms with E-state index in [1.165, 1.54) is 18.4 Å². The molecule has 0 bridgehead atoms. The highest BCUT2D eigenvalue weighted by atomic mass is 35.5. The largest absolute Gasteiger partial charge is 0.459 e. The first-order valence-electron chi connectivity index (χ1n) is 9.25. The Morgan fingerprint density at radius 2 is 2.00 bits per heavy atom. The first-order valence-corrected chi connectivity index (χ1v) is 10.0. The molecule has 0 spiro atoms. The molecular weight excluding hydrogens is 430 g/mol. The van der Waals surface area contributed by atoms with Gasteiger partial charge in [0.15, 0.2) is 11.9 Å². The molecule has 2 heterocycles. The van der Waals surface area contributed by atoms with Gasteiger partial charge in [0.25, 0.3) is 5.91 Å². The van der Waals surface area contributed by atoms with Crippen LogP contribution >= 0.6 is 23.2 Å². The molecule has 2 aromatic carbocycles. The summed E-state index contributed by atoms with van der Waals surface area (Å²) in [6.45, 7) is 0.462. The van der Waals surface area contributed by atoms with Gasteiger partial charge in [-0.1, -0.05) is 46.6 Å². The Morgan fingerprint density at radius 3 is 2.73 bits per heavy atom. The first-order chi connectivity index (χ1) is 14.5. The topological polar surface area (TPSA) is 55.0 Å². The van der Waals surface area contributed by atoms with E-state index in [2.05, 4.69) is 5.16 Å². The average molecular weight is 447 g/mol. The summed E-state index contributed by atoms with van der Waals surface area (Å²) in [7, 11) is 0. The van der Waals surface area contributed by atoms with Gasteiger partial charge in [-0.25, -0.2) is 4.39 Å². The van der Waals surface area contributed by atoms with Crippen LogP contribution in [-0.2, 0) is 11.4 Å². The molecule has 0 N–H and O–H groups in total. The predicted molar refractivity (Wildman–Crippen MR) is 112 cm³/mol. The summed E-state index contributed by atoms with van der Waals surface area (Å²) in [6.07, 6.45) is 1.57. The standard InChI is InChI=1S/C22H17Cl2FN2O3/c23-18-7-6-15(10-19(18)24)20-11-17(30-26-20)13-27(22(28)21-5-2-8-29-21)12-14-3-1-4-16(25)9-14/h1-10,17H,11-13H2. The van der Waals surface area contributed by atoms with E-state index in [1.807, 2.05) is 6.07 Å². The quantitative estimate of drug-likeness (QED) is 0.497. The zero-order valence-corrected chi connectivity index (χ0v) is 17.2. The number of carbonyl (C=O) groups excluding carboxylic acids is 1. The Kier molecular flexibility index (Phi) is 6.06. The molecule has 0 aliphatic carbocycles. The number of halogens is 3. The van der Waals surface area contributed by atoms with E-state index >= 15 is 0 Å². The number of nitrogens with zero attached hydrogens (tertiary/aromatic N) is 2. The Labute approximate surface area is 182 Å². The maximum absolute atomic E-state index is 13.6. The number of hydrogen-bond acceptors (Lipinski definition) is 4. The molecule has 1 atom stereocenters. The van der Waals surface area contributed by atoms with Crippen molar-refractivity contribution in [1.29, 1.82) is 0 Å². The summed E-state index contributed by atoms with van der Waals surface area (Å²) in [6, 6.07) is 14.6. The van der Waals surface area contributed by atoms with Gasteiger partial charge in [-0.05, 0) is 42.0 Å². The highest BCUT2D eigenvalue weighted by Crippen LogP contribution is 2.26. The zero-order chi connectivity index (χ0) is 21.1. The summed E-state index contributed by atoms with van der Waals surface area (Å²) in [4.78, 5) is 20.1. The molecule has 0 saturated heterocycles. The zero-order valence-electron chi connectivity index (χ0n) is 15.7. The van der Waals surface area contributed by atoms with Crippen molar-refractivity contribution in [3.63, 3.8) is 0 Å². The lowest BCUT2D eigenvalue weighted by molar-refractivity contribution is 0.0387. The Morgan fingerprint density at radius 1 is 1.13 bits per heavy atom. The molecule has 1 aliphatic rings. The van der Waals surface area contributed by atoms with E-state index in [0.29, 0.717) is 22.0 Å². The van der Waals surface area contributed by atoms with E-state index in [0.717, 1.165) is 11.3 Å². The minimum absolute atomic E-state index is 0.204. The number of furan rings is 1.